The summed E-state index contributed by atoms with van der Waals surface area (Å²) >= 11 is 0. The second kappa shape index (κ2) is 10.4. The molecule has 216 valence electrons. The highest BCUT2D eigenvalue weighted by Crippen LogP contribution is 2.49. The van der Waals surface area contributed by atoms with Crippen molar-refractivity contribution in [2.24, 2.45) is 17.8 Å². The van der Waals surface area contributed by atoms with Crippen molar-refractivity contribution in [3.05, 3.63) is 81.7 Å². The number of anilines is 2. The van der Waals surface area contributed by atoms with E-state index in [0.29, 0.717) is 71.8 Å². The minimum atomic E-state index is -4.50. The number of nitrogens with two attached hydrogens (primary N) is 1. The molecule has 2 fully saturated rings. The summed E-state index contributed by atoms with van der Waals surface area (Å²) in [5.41, 5.74) is 10.3. The molecule has 3 heterocycles. The van der Waals surface area contributed by atoms with E-state index in [0.717, 1.165) is 31.0 Å². The number of halogens is 3. The van der Waals surface area contributed by atoms with Crippen LogP contribution in [0.2, 0.25) is 0 Å². The van der Waals surface area contributed by atoms with Gasteiger partial charge in [0.1, 0.15) is 0 Å². The monoisotopic (exact) mass is 565 g/mol. The summed E-state index contributed by atoms with van der Waals surface area (Å²) in [4.78, 5) is 30.1. The zero-order valence-corrected chi connectivity index (χ0v) is 23.3. The normalized spacial score (nSPS) is 22.8. The first-order chi connectivity index (χ1) is 19.5. The quantitative estimate of drug-likeness (QED) is 0.458. The molecule has 0 radical (unpaired) electrons. The lowest BCUT2D eigenvalue weighted by molar-refractivity contribution is -0.138. The number of rotatable bonds is 4. The number of aryl methyl sites for hydroxylation is 1. The third kappa shape index (κ3) is 5.16. The van der Waals surface area contributed by atoms with E-state index >= 15 is 0 Å². The number of benzene rings is 2. The molecule has 0 spiro atoms. The van der Waals surface area contributed by atoms with Gasteiger partial charge in [0.05, 0.1) is 22.6 Å². The summed E-state index contributed by atoms with van der Waals surface area (Å²) < 4.78 is 46.7. The SMILES string of the molecule is CC(=O)C1=CC2CC2C=C(C2CCOCC2)N1c1cc(C)c(C(=O)N2CCc3cccc(C(F)(F)F)c3C2)cc1N. The molecule has 9 heteroatoms. The van der Waals surface area contributed by atoms with E-state index < -0.39 is 11.7 Å². The highest BCUT2D eigenvalue weighted by molar-refractivity contribution is 6.01. The van der Waals surface area contributed by atoms with Crippen molar-refractivity contribution in [1.82, 2.24) is 4.90 Å². The van der Waals surface area contributed by atoms with Crippen LogP contribution in [0.1, 0.15) is 58.8 Å². The second-order valence-corrected chi connectivity index (χ2v) is 11.6. The largest absolute Gasteiger partial charge is 0.416 e. The number of nitrogen functional groups attached to an aromatic ring is 1. The molecule has 2 atom stereocenters. The van der Waals surface area contributed by atoms with Gasteiger partial charge < -0.3 is 20.3 Å². The number of carbonyl (C=O) groups excluding carboxylic acids is 2. The maximum Gasteiger partial charge on any atom is 0.416 e. The first kappa shape index (κ1) is 27.6. The molecule has 1 saturated heterocycles. The van der Waals surface area contributed by atoms with Gasteiger partial charge >= 0.3 is 6.18 Å². The minimum Gasteiger partial charge on any atom is -0.397 e. The molecule has 3 aliphatic heterocycles. The van der Waals surface area contributed by atoms with Crippen LogP contribution < -0.4 is 10.6 Å². The first-order valence-corrected chi connectivity index (χ1v) is 14.2. The molecular weight excluding hydrogens is 531 g/mol. The van der Waals surface area contributed by atoms with Gasteiger partial charge in [0.15, 0.2) is 5.78 Å². The van der Waals surface area contributed by atoms with E-state index in [2.05, 4.69) is 6.08 Å². The molecule has 2 N–H and O–H groups in total. The lowest BCUT2D eigenvalue weighted by atomic mass is 9.92. The van der Waals surface area contributed by atoms with Gasteiger partial charge in [-0.1, -0.05) is 24.3 Å². The fourth-order valence-electron chi connectivity index (χ4n) is 6.51. The van der Waals surface area contributed by atoms with Crippen LogP contribution >= 0.6 is 0 Å². The van der Waals surface area contributed by atoms with Gasteiger partial charge in [0.2, 0.25) is 0 Å². The highest BCUT2D eigenvalue weighted by atomic mass is 19.4. The molecule has 1 saturated carbocycles. The van der Waals surface area contributed by atoms with E-state index in [9.17, 15) is 22.8 Å². The fourth-order valence-corrected chi connectivity index (χ4v) is 6.51. The molecule has 4 aliphatic rings. The summed E-state index contributed by atoms with van der Waals surface area (Å²) in [6.45, 7) is 4.87. The number of hydrogen-bond donors (Lipinski definition) is 1. The first-order valence-electron chi connectivity index (χ1n) is 14.2. The van der Waals surface area contributed by atoms with Crippen LogP contribution in [-0.4, -0.2) is 36.3 Å². The second-order valence-electron chi connectivity index (χ2n) is 11.6. The van der Waals surface area contributed by atoms with Gasteiger partial charge in [-0.2, -0.15) is 13.2 Å². The van der Waals surface area contributed by atoms with Gasteiger partial charge in [0, 0.05) is 50.4 Å². The van der Waals surface area contributed by atoms with Crippen molar-refractivity contribution in [3.63, 3.8) is 0 Å². The number of hydrogen-bond acceptors (Lipinski definition) is 5. The Labute approximate surface area is 237 Å². The molecule has 2 aromatic rings. The van der Waals surface area contributed by atoms with Crippen molar-refractivity contribution in [1.29, 1.82) is 0 Å². The number of fused-ring (bicyclic) bond motifs is 2. The minimum absolute atomic E-state index is 0.0554. The number of ketones is 1. The Morgan fingerprint density at radius 1 is 1.07 bits per heavy atom. The van der Waals surface area contributed by atoms with Crippen LogP contribution in [0.3, 0.4) is 0 Å². The third-order valence-electron chi connectivity index (χ3n) is 8.86. The molecule has 6 nitrogen and oxygen atoms in total. The smallest absolute Gasteiger partial charge is 0.397 e. The maximum absolute atomic E-state index is 13.7. The van der Waals surface area contributed by atoms with Crippen LogP contribution in [0, 0.1) is 24.7 Å². The Kier molecular flexibility index (Phi) is 6.96. The molecule has 1 aliphatic carbocycles. The Balaban J connectivity index is 1.35. The molecule has 41 heavy (non-hydrogen) atoms. The van der Waals surface area contributed by atoms with Gasteiger partial charge in [-0.05, 0) is 79.3 Å². The van der Waals surface area contributed by atoms with E-state index in [1.165, 1.54) is 11.0 Å². The molecule has 0 bridgehead atoms. The molecule has 1 amide bonds. The number of carbonyl (C=O) groups is 2. The third-order valence-corrected chi connectivity index (χ3v) is 8.86. The number of nitrogens with zero attached hydrogens (tertiary/aromatic N) is 2. The van der Waals surface area contributed by atoms with Crippen molar-refractivity contribution in [3.8, 4) is 0 Å². The van der Waals surface area contributed by atoms with Gasteiger partial charge in [-0.3, -0.25) is 9.59 Å². The number of amides is 1. The number of Topliss-reactive ketones (excluding diaryl/α,β-unsaturated/α-hetero) is 1. The number of ether oxygens (including phenoxy) is 1. The van der Waals surface area contributed by atoms with Crippen molar-refractivity contribution in [2.45, 2.75) is 52.3 Å². The van der Waals surface area contributed by atoms with Crippen molar-refractivity contribution in [2.75, 3.05) is 30.4 Å². The predicted molar refractivity (Wildman–Crippen MR) is 150 cm³/mol. The van der Waals surface area contributed by atoms with E-state index in [1.807, 2.05) is 17.0 Å². The maximum atomic E-state index is 13.7. The molecule has 2 unspecified atom stereocenters. The summed E-state index contributed by atoms with van der Waals surface area (Å²) in [7, 11) is 0. The summed E-state index contributed by atoms with van der Waals surface area (Å²) in [5, 5.41) is 0. The Morgan fingerprint density at radius 2 is 1.80 bits per heavy atom. The van der Waals surface area contributed by atoms with Gasteiger partial charge in [-0.25, -0.2) is 0 Å². The van der Waals surface area contributed by atoms with E-state index in [4.69, 9.17) is 10.5 Å². The van der Waals surface area contributed by atoms with Gasteiger partial charge in [0.25, 0.3) is 5.91 Å². The highest BCUT2D eigenvalue weighted by Gasteiger charge is 2.41. The van der Waals surface area contributed by atoms with Crippen molar-refractivity contribution < 1.29 is 27.5 Å². The van der Waals surface area contributed by atoms with Gasteiger partial charge in [-0.15, -0.1) is 0 Å². The molecule has 6 rings (SSSR count). The Morgan fingerprint density at radius 3 is 2.51 bits per heavy atom. The topological polar surface area (TPSA) is 75.9 Å². The average molecular weight is 566 g/mol. The van der Waals surface area contributed by atoms with Crippen molar-refractivity contribution >= 4 is 23.1 Å². The lowest BCUT2D eigenvalue weighted by Gasteiger charge is -2.36. The zero-order chi connectivity index (χ0) is 29.1. The van der Waals surface area contributed by atoms with Crippen LogP contribution in [0.15, 0.2) is 53.9 Å². The van der Waals surface area contributed by atoms with E-state index in [-0.39, 0.29) is 29.7 Å². The molecule has 2 aromatic carbocycles. The number of allylic oxidation sites excluding steroid dienone is 4. The fraction of sp³-hybridized carbons (Fsp3) is 0.438. The lowest BCUT2D eigenvalue weighted by Crippen LogP contribution is -2.37. The Hall–Kier alpha value is -3.59. The molecule has 0 aromatic heterocycles. The summed E-state index contributed by atoms with van der Waals surface area (Å²) in [6.07, 6.45) is 2.89. The van der Waals surface area contributed by atoms with Crippen LogP contribution in [-0.2, 0) is 28.7 Å². The average Bonchev–Trinajstić information content (AvgIpc) is 3.71. The zero-order valence-electron chi connectivity index (χ0n) is 23.3. The number of alkyl halides is 3. The standard InChI is InChI=1S/C32H34F3N3O3/c1-18-12-30(38-28(19(2)39)14-22-13-23(22)15-29(38)21-7-10-41-11-8-21)27(36)16-24(18)31(40)37-9-6-20-4-3-5-26(25(20)17-37)32(33,34)35/h3-5,12,14-16,21-23H,6-11,13,17,36H2,1-2H3. The predicted octanol–water partition coefficient (Wildman–Crippen LogP) is 6.03. The van der Waals surface area contributed by atoms with Crippen LogP contribution in [0.25, 0.3) is 0 Å². The van der Waals surface area contributed by atoms with Crippen LogP contribution in [0.5, 0.6) is 0 Å². The summed E-state index contributed by atoms with van der Waals surface area (Å²) in [5.74, 6) is 0.505. The van der Waals surface area contributed by atoms with E-state index in [1.54, 1.807) is 26.0 Å². The Bertz CT molecular complexity index is 1470. The molecular formula is C32H34F3N3O3. The van der Waals surface area contributed by atoms with Crippen LogP contribution in [0.4, 0.5) is 24.5 Å². The summed E-state index contributed by atoms with van der Waals surface area (Å²) in [6, 6.07) is 7.63.